The van der Waals surface area contributed by atoms with Crippen LogP contribution in [0.5, 0.6) is 0 Å². The van der Waals surface area contributed by atoms with Crippen molar-refractivity contribution >= 4 is 30.7 Å². The van der Waals surface area contributed by atoms with Crippen molar-refractivity contribution < 1.29 is 9.53 Å². The molecule has 0 saturated carbocycles. The molecule has 1 aliphatic heterocycles. The lowest BCUT2D eigenvalue weighted by Gasteiger charge is -2.35. The molecule has 5 nitrogen and oxygen atoms in total. The normalized spacial score (nSPS) is 23.1. The maximum atomic E-state index is 10.9. The van der Waals surface area contributed by atoms with Gasteiger partial charge in [-0.15, -0.1) is 24.8 Å². The number of halogens is 2. The smallest absolute Gasteiger partial charge is 0.233 e. The van der Waals surface area contributed by atoms with Crippen LogP contribution in [-0.4, -0.2) is 55.7 Å². The van der Waals surface area contributed by atoms with E-state index in [0.29, 0.717) is 12.2 Å². The lowest BCUT2D eigenvalue weighted by atomic mass is 10.2. The van der Waals surface area contributed by atoms with E-state index in [1.54, 1.807) is 0 Å². The highest BCUT2D eigenvalue weighted by Crippen LogP contribution is 2.10. The van der Waals surface area contributed by atoms with Gasteiger partial charge in [-0.3, -0.25) is 9.69 Å². The van der Waals surface area contributed by atoms with E-state index in [-0.39, 0.29) is 37.3 Å². The van der Waals surface area contributed by atoms with Crippen molar-refractivity contribution in [3.63, 3.8) is 0 Å². The molecular weight excluding hydrogens is 289 g/mol. The average Bonchev–Trinajstić information content (AvgIpc) is 2.27. The molecule has 1 fully saturated rings. The zero-order valence-corrected chi connectivity index (χ0v) is 13.4. The predicted molar refractivity (Wildman–Crippen MR) is 82.2 cm³/mol. The van der Waals surface area contributed by atoms with E-state index in [1.807, 2.05) is 0 Å². The van der Waals surface area contributed by atoms with Crippen molar-refractivity contribution in [2.45, 2.75) is 38.9 Å². The number of hydrogen-bond acceptors (Lipinski definition) is 4. The van der Waals surface area contributed by atoms with Gasteiger partial charge in [0.15, 0.2) is 0 Å². The third-order valence-electron chi connectivity index (χ3n) is 2.90. The Morgan fingerprint density at radius 2 is 1.84 bits per heavy atom. The van der Waals surface area contributed by atoms with Gasteiger partial charge in [-0.05, 0) is 33.2 Å². The molecule has 2 unspecified atom stereocenters. The fraction of sp³-hybridized carbons (Fsp3) is 0.917. The second-order valence-electron chi connectivity index (χ2n) is 4.78. The van der Waals surface area contributed by atoms with Crippen LogP contribution in [0.15, 0.2) is 0 Å². The van der Waals surface area contributed by atoms with Gasteiger partial charge in [-0.1, -0.05) is 0 Å². The maximum Gasteiger partial charge on any atom is 0.233 e. The molecule has 1 saturated heterocycles. The van der Waals surface area contributed by atoms with Crippen LogP contribution in [0.25, 0.3) is 0 Å². The fourth-order valence-electron chi connectivity index (χ4n) is 2.23. The second-order valence-corrected chi connectivity index (χ2v) is 4.78. The Morgan fingerprint density at radius 1 is 1.26 bits per heavy atom. The average molecular weight is 316 g/mol. The quantitative estimate of drug-likeness (QED) is 0.711. The predicted octanol–water partition coefficient (Wildman–Crippen LogP) is 0.794. The minimum absolute atomic E-state index is 0. The van der Waals surface area contributed by atoms with Crippen LogP contribution in [0.3, 0.4) is 0 Å². The van der Waals surface area contributed by atoms with Crippen LogP contribution < -0.4 is 11.1 Å². The number of nitrogens with zero attached hydrogens (tertiary/aromatic N) is 1. The van der Waals surface area contributed by atoms with Crippen molar-refractivity contribution in [2.75, 3.05) is 32.7 Å². The number of nitrogens with two attached hydrogens (primary N) is 1. The highest BCUT2D eigenvalue weighted by atomic mass is 35.5. The van der Waals surface area contributed by atoms with Crippen LogP contribution in [0.4, 0.5) is 0 Å². The van der Waals surface area contributed by atoms with E-state index >= 15 is 0 Å². The molecule has 0 spiro atoms. The van der Waals surface area contributed by atoms with Gasteiger partial charge in [0.05, 0.1) is 18.8 Å². The Bertz CT molecular complexity index is 235. The van der Waals surface area contributed by atoms with Crippen molar-refractivity contribution in [1.82, 2.24) is 10.2 Å². The number of hydrogen-bond donors (Lipinski definition) is 2. The number of nitrogens with one attached hydrogen (secondary N) is 1. The van der Waals surface area contributed by atoms with Gasteiger partial charge in [-0.25, -0.2) is 0 Å². The Morgan fingerprint density at radius 3 is 2.37 bits per heavy atom. The zero-order chi connectivity index (χ0) is 12.7. The van der Waals surface area contributed by atoms with Crippen molar-refractivity contribution in [1.29, 1.82) is 0 Å². The first kappa shape index (κ1) is 21.2. The molecule has 0 aromatic heterocycles. The first-order valence-corrected chi connectivity index (χ1v) is 6.46. The molecular formula is C12H27Cl2N3O2. The van der Waals surface area contributed by atoms with E-state index in [4.69, 9.17) is 10.5 Å². The summed E-state index contributed by atoms with van der Waals surface area (Å²) in [5, 5.41) is 2.78. The molecule has 1 amide bonds. The Labute approximate surface area is 128 Å². The molecule has 0 aromatic carbocycles. The lowest BCUT2D eigenvalue weighted by molar-refractivity contribution is -0.119. The largest absolute Gasteiger partial charge is 0.373 e. The van der Waals surface area contributed by atoms with Crippen molar-refractivity contribution in [3.05, 3.63) is 0 Å². The molecule has 0 aromatic rings. The maximum absolute atomic E-state index is 10.9. The van der Waals surface area contributed by atoms with Crippen LogP contribution in [0.2, 0.25) is 0 Å². The highest BCUT2D eigenvalue weighted by Gasteiger charge is 2.21. The number of carbonyl (C=O) groups is 1. The molecule has 2 atom stereocenters. The molecule has 116 valence electrons. The minimum Gasteiger partial charge on any atom is -0.373 e. The van der Waals surface area contributed by atoms with E-state index in [9.17, 15) is 4.79 Å². The number of rotatable bonds is 6. The summed E-state index contributed by atoms with van der Waals surface area (Å²) >= 11 is 0. The van der Waals surface area contributed by atoms with Gasteiger partial charge in [-0.2, -0.15) is 0 Å². The van der Waals surface area contributed by atoms with E-state index < -0.39 is 0 Å². The van der Waals surface area contributed by atoms with E-state index in [0.717, 1.165) is 39.0 Å². The summed E-state index contributed by atoms with van der Waals surface area (Å²) in [6.07, 6.45) is 2.77. The Kier molecular flexibility index (Phi) is 13.1. The van der Waals surface area contributed by atoms with Gasteiger partial charge in [0, 0.05) is 19.6 Å². The standard InChI is InChI=1S/C12H25N3O2.2ClH/c1-10-8-15(9-11(2)17-10)6-4-3-5-14-12(16)7-13;;/h10-11H,3-9,13H2,1-2H3,(H,14,16);2*1H. The number of unbranched alkanes of at least 4 members (excludes halogenated alkanes) is 1. The summed E-state index contributed by atoms with van der Waals surface area (Å²) in [5.41, 5.74) is 5.20. The van der Waals surface area contributed by atoms with Crippen LogP contribution in [0, 0.1) is 0 Å². The number of morpholine rings is 1. The number of carbonyl (C=O) groups excluding carboxylic acids is 1. The third kappa shape index (κ3) is 9.46. The number of ether oxygens (including phenoxy) is 1. The molecule has 1 aliphatic rings. The lowest BCUT2D eigenvalue weighted by Crippen LogP contribution is -2.45. The molecule has 0 radical (unpaired) electrons. The van der Waals surface area contributed by atoms with Crippen LogP contribution in [-0.2, 0) is 9.53 Å². The molecule has 0 aliphatic carbocycles. The van der Waals surface area contributed by atoms with E-state index in [1.165, 1.54) is 0 Å². The first-order chi connectivity index (χ1) is 8.11. The fourth-order valence-corrected chi connectivity index (χ4v) is 2.23. The summed E-state index contributed by atoms with van der Waals surface area (Å²) in [5.74, 6) is -0.0707. The molecule has 0 bridgehead atoms. The SMILES string of the molecule is CC1CN(CCCCNC(=O)CN)CC(C)O1.Cl.Cl. The van der Waals surface area contributed by atoms with Gasteiger partial charge >= 0.3 is 0 Å². The van der Waals surface area contributed by atoms with Gasteiger partial charge in [0.25, 0.3) is 0 Å². The van der Waals surface area contributed by atoms with Gasteiger partial charge < -0.3 is 15.8 Å². The summed E-state index contributed by atoms with van der Waals surface area (Å²) in [6, 6.07) is 0. The molecule has 1 heterocycles. The van der Waals surface area contributed by atoms with Crippen LogP contribution >= 0.6 is 24.8 Å². The number of amides is 1. The molecule has 3 N–H and O–H groups in total. The second kappa shape index (κ2) is 11.7. The summed E-state index contributed by atoms with van der Waals surface area (Å²) in [6.45, 7) is 8.15. The summed E-state index contributed by atoms with van der Waals surface area (Å²) in [7, 11) is 0. The highest BCUT2D eigenvalue weighted by molar-refractivity contribution is 5.85. The monoisotopic (exact) mass is 315 g/mol. The van der Waals surface area contributed by atoms with E-state index in [2.05, 4.69) is 24.1 Å². The van der Waals surface area contributed by atoms with Gasteiger partial charge in [0.1, 0.15) is 0 Å². The van der Waals surface area contributed by atoms with Crippen LogP contribution in [0.1, 0.15) is 26.7 Å². The van der Waals surface area contributed by atoms with Gasteiger partial charge in [0.2, 0.25) is 5.91 Å². The minimum atomic E-state index is -0.0707. The third-order valence-corrected chi connectivity index (χ3v) is 2.90. The Hall–Kier alpha value is -0.0700. The molecule has 7 heteroatoms. The molecule has 1 rings (SSSR count). The summed E-state index contributed by atoms with van der Waals surface area (Å²) in [4.78, 5) is 13.3. The van der Waals surface area contributed by atoms with Crippen molar-refractivity contribution in [2.24, 2.45) is 5.73 Å². The zero-order valence-electron chi connectivity index (χ0n) is 11.8. The Balaban J connectivity index is 0. The topological polar surface area (TPSA) is 67.6 Å². The molecule has 19 heavy (non-hydrogen) atoms. The summed E-state index contributed by atoms with van der Waals surface area (Å²) < 4.78 is 5.68. The first-order valence-electron chi connectivity index (χ1n) is 6.46. The van der Waals surface area contributed by atoms with Crippen molar-refractivity contribution in [3.8, 4) is 0 Å².